The third-order valence-corrected chi connectivity index (χ3v) is 3.39. The minimum absolute atomic E-state index is 0.134. The number of halogens is 1. The molecule has 0 saturated carbocycles. The molecule has 0 amide bonds. The summed E-state index contributed by atoms with van der Waals surface area (Å²) in [5.41, 5.74) is 2.24. The van der Waals surface area contributed by atoms with Crippen molar-refractivity contribution >= 4 is 0 Å². The zero-order chi connectivity index (χ0) is 13.6. The first-order valence-electron chi connectivity index (χ1n) is 6.60. The lowest BCUT2D eigenvalue weighted by Gasteiger charge is -2.10. The number of fused-ring (bicyclic) bond motifs is 1. The van der Waals surface area contributed by atoms with Gasteiger partial charge in [0.1, 0.15) is 17.6 Å². The molecule has 0 radical (unpaired) electrons. The van der Waals surface area contributed by atoms with E-state index in [1.54, 1.807) is 12.1 Å². The summed E-state index contributed by atoms with van der Waals surface area (Å²) in [4.78, 5) is 0. The highest BCUT2D eigenvalue weighted by Crippen LogP contribution is 2.39. The molecule has 2 aromatic rings. The van der Waals surface area contributed by atoms with Crippen molar-refractivity contribution in [2.75, 3.05) is 0 Å². The Labute approximate surface area is 112 Å². The second kappa shape index (κ2) is 4.37. The summed E-state index contributed by atoms with van der Waals surface area (Å²) in [6, 6.07) is 6.75. The fourth-order valence-electron chi connectivity index (χ4n) is 2.55. The average Bonchev–Trinajstić information content (AvgIpc) is 2.84. The molecule has 0 fully saturated rings. The molecule has 1 aliphatic heterocycles. The molecule has 3 rings (SSSR count). The fraction of sp³-hybridized carbons (Fsp3) is 0.400. The van der Waals surface area contributed by atoms with Crippen LogP contribution >= 0.6 is 0 Å². The second-order valence-corrected chi connectivity index (χ2v) is 5.31. The third kappa shape index (κ3) is 1.91. The average molecular weight is 260 g/mol. The van der Waals surface area contributed by atoms with Crippen molar-refractivity contribution in [3.05, 3.63) is 35.6 Å². The lowest BCUT2D eigenvalue weighted by atomic mass is 9.99. The van der Waals surface area contributed by atoms with Crippen molar-refractivity contribution in [3.8, 4) is 17.1 Å². The molecular weight excluding hydrogens is 243 g/mol. The van der Waals surface area contributed by atoms with Crippen LogP contribution in [0.15, 0.2) is 24.3 Å². The molecule has 100 valence electrons. The van der Waals surface area contributed by atoms with E-state index in [-0.39, 0.29) is 17.8 Å². The van der Waals surface area contributed by atoms with Crippen LogP contribution in [-0.4, -0.2) is 15.9 Å². The number of hydrogen-bond donors (Lipinski definition) is 0. The Balaban J connectivity index is 2.19. The van der Waals surface area contributed by atoms with Crippen LogP contribution in [0.2, 0.25) is 0 Å². The second-order valence-electron chi connectivity index (χ2n) is 5.31. The van der Waals surface area contributed by atoms with Crippen LogP contribution in [0.25, 0.3) is 11.3 Å². The van der Waals surface area contributed by atoms with E-state index in [0.717, 1.165) is 18.0 Å². The monoisotopic (exact) mass is 260 g/mol. The quantitative estimate of drug-likeness (QED) is 0.825. The first-order chi connectivity index (χ1) is 9.08. The van der Waals surface area contributed by atoms with Gasteiger partial charge in [-0.3, -0.25) is 0 Å². The van der Waals surface area contributed by atoms with Crippen molar-refractivity contribution < 1.29 is 9.13 Å². The van der Waals surface area contributed by atoms with E-state index in [9.17, 15) is 4.39 Å². The Morgan fingerprint density at radius 3 is 2.79 bits per heavy atom. The van der Waals surface area contributed by atoms with E-state index in [1.807, 2.05) is 17.7 Å². The maximum atomic E-state index is 14.0. The zero-order valence-corrected chi connectivity index (χ0v) is 11.4. The predicted molar refractivity (Wildman–Crippen MR) is 71.8 cm³/mol. The van der Waals surface area contributed by atoms with Gasteiger partial charge in [0.05, 0.1) is 6.54 Å². The van der Waals surface area contributed by atoms with Crippen LogP contribution in [-0.2, 0) is 6.54 Å². The van der Waals surface area contributed by atoms with E-state index in [1.165, 1.54) is 6.07 Å². The number of nitrogens with zero attached hydrogens (tertiary/aromatic N) is 2. The molecule has 1 aromatic heterocycles. The zero-order valence-electron chi connectivity index (χ0n) is 11.4. The first-order valence-corrected chi connectivity index (χ1v) is 6.60. The Hall–Kier alpha value is -1.84. The van der Waals surface area contributed by atoms with Crippen molar-refractivity contribution in [3.63, 3.8) is 0 Å². The summed E-state index contributed by atoms with van der Waals surface area (Å²) in [5, 5.41) is 4.55. The van der Waals surface area contributed by atoms with Crippen molar-refractivity contribution in [1.29, 1.82) is 0 Å². The summed E-state index contributed by atoms with van der Waals surface area (Å²) in [7, 11) is 0. The molecule has 2 heterocycles. The third-order valence-electron chi connectivity index (χ3n) is 3.39. The highest BCUT2D eigenvalue weighted by Gasteiger charge is 2.30. The van der Waals surface area contributed by atoms with Crippen molar-refractivity contribution in [1.82, 2.24) is 9.78 Å². The molecule has 0 spiro atoms. The lowest BCUT2D eigenvalue weighted by molar-refractivity contribution is 0.251. The largest absolute Gasteiger partial charge is 0.473 e. The highest BCUT2D eigenvalue weighted by atomic mass is 19.1. The Bertz CT molecular complexity index is 619. The minimum atomic E-state index is -0.241. The molecule has 1 aromatic carbocycles. The summed E-state index contributed by atoms with van der Waals surface area (Å²) in [5.74, 6) is 0.790. The Morgan fingerprint density at radius 1 is 1.37 bits per heavy atom. The van der Waals surface area contributed by atoms with Gasteiger partial charge in [0.25, 0.3) is 0 Å². The smallest absolute Gasteiger partial charge is 0.216 e. The van der Waals surface area contributed by atoms with Crippen LogP contribution < -0.4 is 4.74 Å². The number of ether oxygens (including phenoxy) is 1. The minimum Gasteiger partial charge on any atom is -0.473 e. The molecule has 0 unspecified atom stereocenters. The van der Waals surface area contributed by atoms with Crippen LogP contribution in [0.5, 0.6) is 5.88 Å². The summed E-state index contributed by atoms with van der Waals surface area (Å²) < 4.78 is 21.6. The van der Waals surface area contributed by atoms with Gasteiger partial charge in [0.2, 0.25) is 5.88 Å². The van der Waals surface area contributed by atoms with E-state index < -0.39 is 0 Å². The standard InChI is InChI=1S/C15H17FN2O/c1-9(2)13-14(11-6-4-5-7-12(11)16)17-18-8-10(3)19-15(13)18/h4-7,9-10H,8H2,1-3H3/t10-/m1/s1. The van der Waals surface area contributed by atoms with E-state index >= 15 is 0 Å². The molecular formula is C15H17FN2O. The summed E-state index contributed by atoms with van der Waals surface area (Å²) in [6.45, 7) is 6.90. The predicted octanol–water partition coefficient (Wildman–Crippen LogP) is 3.59. The molecule has 19 heavy (non-hydrogen) atoms. The van der Waals surface area contributed by atoms with E-state index in [4.69, 9.17) is 4.74 Å². The topological polar surface area (TPSA) is 27.1 Å². The van der Waals surface area contributed by atoms with E-state index in [2.05, 4.69) is 18.9 Å². The van der Waals surface area contributed by atoms with Gasteiger partial charge in [-0.15, -0.1) is 0 Å². The van der Waals surface area contributed by atoms with Crippen LogP contribution in [0.3, 0.4) is 0 Å². The Morgan fingerprint density at radius 2 is 2.11 bits per heavy atom. The van der Waals surface area contributed by atoms with E-state index in [0.29, 0.717) is 11.3 Å². The number of aromatic nitrogens is 2. The van der Waals surface area contributed by atoms with Gasteiger partial charge in [0, 0.05) is 11.1 Å². The van der Waals surface area contributed by atoms with Crippen LogP contribution in [0.4, 0.5) is 4.39 Å². The van der Waals surface area contributed by atoms with Gasteiger partial charge in [-0.25, -0.2) is 9.07 Å². The first kappa shape index (κ1) is 12.2. The van der Waals surface area contributed by atoms with Crippen molar-refractivity contribution in [2.24, 2.45) is 0 Å². The molecule has 1 atom stereocenters. The van der Waals surface area contributed by atoms with Gasteiger partial charge in [-0.2, -0.15) is 5.10 Å². The molecule has 0 aliphatic carbocycles. The highest BCUT2D eigenvalue weighted by molar-refractivity contribution is 5.67. The van der Waals surface area contributed by atoms with Gasteiger partial charge >= 0.3 is 0 Å². The molecule has 3 nitrogen and oxygen atoms in total. The Kier molecular flexibility index (Phi) is 2.81. The number of rotatable bonds is 2. The van der Waals surface area contributed by atoms with Crippen LogP contribution in [0, 0.1) is 5.82 Å². The van der Waals surface area contributed by atoms with Gasteiger partial charge in [-0.05, 0) is 25.0 Å². The molecule has 0 saturated heterocycles. The normalized spacial score (nSPS) is 17.6. The fourth-order valence-corrected chi connectivity index (χ4v) is 2.55. The van der Waals surface area contributed by atoms with Gasteiger partial charge in [-0.1, -0.05) is 26.0 Å². The molecule has 0 N–H and O–H groups in total. The molecule has 0 bridgehead atoms. The maximum absolute atomic E-state index is 14.0. The number of benzene rings is 1. The van der Waals surface area contributed by atoms with Crippen LogP contribution in [0.1, 0.15) is 32.3 Å². The molecule has 1 aliphatic rings. The SMILES string of the molecule is CC(C)c1c(-c2ccccc2F)nn2c1O[C@H](C)C2. The van der Waals surface area contributed by atoms with Gasteiger partial charge in [0.15, 0.2) is 0 Å². The number of hydrogen-bond acceptors (Lipinski definition) is 2. The lowest BCUT2D eigenvalue weighted by Crippen LogP contribution is -2.10. The summed E-state index contributed by atoms with van der Waals surface area (Å²) >= 11 is 0. The molecule has 4 heteroatoms. The summed E-state index contributed by atoms with van der Waals surface area (Å²) in [6.07, 6.45) is 0.134. The maximum Gasteiger partial charge on any atom is 0.216 e. The van der Waals surface area contributed by atoms with Gasteiger partial charge < -0.3 is 4.74 Å². The van der Waals surface area contributed by atoms with Crippen molar-refractivity contribution in [2.45, 2.75) is 39.3 Å².